The number of hydrogen-bond acceptors (Lipinski definition) is 9. The lowest BCUT2D eigenvalue weighted by Crippen LogP contribution is -2.60. The molecule has 0 radical (unpaired) electrons. The number of aliphatic hydroxyl groups excluding tert-OH is 5. The van der Waals surface area contributed by atoms with Crippen molar-refractivity contribution in [3.05, 3.63) is 36.5 Å². The van der Waals surface area contributed by atoms with Gasteiger partial charge >= 0.3 is 5.97 Å². The molecule has 1 fully saturated rings. The molecule has 1 heterocycles. The minimum Gasteiger partial charge on any atom is -0.463 e. The van der Waals surface area contributed by atoms with Gasteiger partial charge in [0.15, 0.2) is 6.29 Å². The van der Waals surface area contributed by atoms with Gasteiger partial charge in [-0.05, 0) is 38.5 Å². The highest BCUT2D eigenvalue weighted by Gasteiger charge is 2.44. The smallest absolute Gasteiger partial charge is 0.305 e. The van der Waals surface area contributed by atoms with Crippen molar-refractivity contribution < 1.29 is 44.5 Å². The summed E-state index contributed by atoms with van der Waals surface area (Å²) < 4.78 is 15.7. The molecule has 1 saturated heterocycles. The summed E-state index contributed by atoms with van der Waals surface area (Å²) in [4.78, 5) is 11.9. The van der Waals surface area contributed by atoms with Gasteiger partial charge in [-0.2, -0.15) is 0 Å². The fourth-order valence-corrected chi connectivity index (χ4v) is 3.30. The number of unbranched alkanes of at least 4 members (excludes halogenated alkanes) is 3. The largest absolute Gasteiger partial charge is 0.463 e. The van der Waals surface area contributed by atoms with Crippen LogP contribution >= 0.6 is 0 Å². The molecular weight excluding hydrogens is 444 g/mol. The number of allylic oxidation sites excluding steroid dienone is 6. The number of esters is 1. The predicted octanol–water partition coefficient (Wildman–Crippen LogP) is 1.52. The van der Waals surface area contributed by atoms with Crippen molar-refractivity contribution in [1.82, 2.24) is 0 Å². The lowest BCUT2D eigenvalue weighted by Gasteiger charge is -2.40. The Labute approximate surface area is 202 Å². The van der Waals surface area contributed by atoms with Crippen molar-refractivity contribution in [3.63, 3.8) is 0 Å². The van der Waals surface area contributed by atoms with Gasteiger partial charge in [-0.15, -0.1) is 0 Å². The Morgan fingerprint density at radius 2 is 1.59 bits per heavy atom. The number of hydrogen-bond donors (Lipinski definition) is 5. The molecule has 0 bridgehead atoms. The van der Waals surface area contributed by atoms with Crippen molar-refractivity contribution in [3.8, 4) is 0 Å². The molecule has 1 aliphatic rings. The molecule has 0 aromatic carbocycles. The maximum atomic E-state index is 11.9. The van der Waals surface area contributed by atoms with Gasteiger partial charge in [0.05, 0.1) is 13.2 Å². The average Bonchev–Trinajstić information content (AvgIpc) is 2.84. The Bertz CT molecular complexity index is 618. The van der Waals surface area contributed by atoms with Crippen LogP contribution < -0.4 is 0 Å². The van der Waals surface area contributed by atoms with Gasteiger partial charge in [-0.3, -0.25) is 4.79 Å². The molecule has 34 heavy (non-hydrogen) atoms. The van der Waals surface area contributed by atoms with Crippen molar-refractivity contribution in [2.45, 2.75) is 95.1 Å². The average molecular weight is 487 g/mol. The van der Waals surface area contributed by atoms with Crippen molar-refractivity contribution in [2.24, 2.45) is 0 Å². The molecular formula is C25H42O9. The van der Waals surface area contributed by atoms with Gasteiger partial charge < -0.3 is 39.7 Å². The SMILES string of the molecule is CC/C=C\C/C=C\C/C=C\CCCCCC(=O)OC[C@H](CO)O[C@@H]1O[C@@H](CO)[C@H](O)[C@@H](O)[C@@H]1O. The third kappa shape index (κ3) is 12.2. The fourth-order valence-electron chi connectivity index (χ4n) is 3.30. The third-order valence-electron chi connectivity index (χ3n) is 5.34. The molecule has 1 aliphatic heterocycles. The zero-order valence-corrected chi connectivity index (χ0v) is 20.1. The van der Waals surface area contributed by atoms with Gasteiger partial charge in [-0.1, -0.05) is 49.8 Å². The van der Waals surface area contributed by atoms with E-state index in [0.29, 0.717) is 6.42 Å². The van der Waals surface area contributed by atoms with Crippen LogP contribution in [0.3, 0.4) is 0 Å². The molecule has 0 aromatic heterocycles. The first-order chi connectivity index (χ1) is 16.4. The van der Waals surface area contributed by atoms with E-state index in [2.05, 4.69) is 43.4 Å². The molecule has 0 unspecified atom stereocenters. The van der Waals surface area contributed by atoms with Crippen LogP contribution in [0.15, 0.2) is 36.5 Å². The molecule has 196 valence electrons. The number of carbonyl (C=O) groups is 1. The second kappa shape index (κ2) is 18.7. The van der Waals surface area contributed by atoms with Gasteiger partial charge in [0.1, 0.15) is 37.1 Å². The van der Waals surface area contributed by atoms with Crippen LogP contribution in [-0.4, -0.2) is 88.1 Å². The lowest BCUT2D eigenvalue weighted by molar-refractivity contribution is -0.315. The van der Waals surface area contributed by atoms with Gasteiger partial charge in [0.2, 0.25) is 0 Å². The highest BCUT2D eigenvalue weighted by molar-refractivity contribution is 5.69. The number of ether oxygens (including phenoxy) is 3. The second-order valence-electron chi connectivity index (χ2n) is 8.21. The highest BCUT2D eigenvalue weighted by atomic mass is 16.7. The van der Waals surface area contributed by atoms with Gasteiger partial charge in [-0.25, -0.2) is 0 Å². The molecule has 1 rings (SSSR count). The molecule has 9 nitrogen and oxygen atoms in total. The maximum absolute atomic E-state index is 11.9. The summed E-state index contributed by atoms with van der Waals surface area (Å²) in [5.41, 5.74) is 0. The summed E-state index contributed by atoms with van der Waals surface area (Å²) in [6.07, 6.45) is 11.4. The van der Waals surface area contributed by atoms with E-state index in [1.165, 1.54) is 0 Å². The zero-order valence-electron chi connectivity index (χ0n) is 20.1. The first-order valence-electron chi connectivity index (χ1n) is 12.1. The first-order valence-corrected chi connectivity index (χ1v) is 12.1. The van der Waals surface area contributed by atoms with Crippen LogP contribution in [0.25, 0.3) is 0 Å². The summed E-state index contributed by atoms with van der Waals surface area (Å²) in [5.74, 6) is -0.423. The van der Waals surface area contributed by atoms with E-state index in [-0.39, 0.29) is 13.0 Å². The molecule has 0 aliphatic carbocycles. The quantitative estimate of drug-likeness (QED) is 0.117. The van der Waals surface area contributed by atoms with Crippen molar-refractivity contribution in [2.75, 3.05) is 19.8 Å². The number of carbonyl (C=O) groups excluding carboxylic acids is 1. The molecule has 5 N–H and O–H groups in total. The lowest BCUT2D eigenvalue weighted by atomic mass is 9.99. The van der Waals surface area contributed by atoms with E-state index in [1.54, 1.807) is 0 Å². The van der Waals surface area contributed by atoms with E-state index < -0.39 is 56.0 Å². The molecule has 9 heteroatoms. The van der Waals surface area contributed by atoms with Crippen LogP contribution in [0, 0.1) is 0 Å². The van der Waals surface area contributed by atoms with E-state index >= 15 is 0 Å². The van der Waals surface area contributed by atoms with Crippen molar-refractivity contribution >= 4 is 5.97 Å². The Hall–Kier alpha value is -1.59. The molecule has 0 aromatic rings. The molecule has 0 spiro atoms. The van der Waals surface area contributed by atoms with Gasteiger partial charge in [0.25, 0.3) is 0 Å². The predicted molar refractivity (Wildman–Crippen MR) is 127 cm³/mol. The van der Waals surface area contributed by atoms with E-state index in [0.717, 1.165) is 38.5 Å². The zero-order chi connectivity index (χ0) is 25.2. The summed E-state index contributed by atoms with van der Waals surface area (Å²) in [5, 5.41) is 48.2. The van der Waals surface area contributed by atoms with Crippen LogP contribution in [0.4, 0.5) is 0 Å². The highest BCUT2D eigenvalue weighted by Crippen LogP contribution is 2.23. The third-order valence-corrected chi connectivity index (χ3v) is 5.34. The number of aliphatic hydroxyl groups is 5. The van der Waals surface area contributed by atoms with Crippen LogP contribution in [0.5, 0.6) is 0 Å². The Balaban J connectivity index is 2.17. The van der Waals surface area contributed by atoms with Gasteiger partial charge in [0, 0.05) is 6.42 Å². The number of rotatable bonds is 17. The normalized spacial score (nSPS) is 26.6. The minimum atomic E-state index is -1.59. The van der Waals surface area contributed by atoms with Crippen LogP contribution in [0.1, 0.15) is 58.3 Å². The Morgan fingerprint density at radius 1 is 0.912 bits per heavy atom. The monoisotopic (exact) mass is 486 g/mol. The summed E-state index contributed by atoms with van der Waals surface area (Å²) in [7, 11) is 0. The topological polar surface area (TPSA) is 146 Å². The Morgan fingerprint density at radius 3 is 2.24 bits per heavy atom. The minimum absolute atomic E-state index is 0.246. The van der Waals surface area contributed by atoms with E-state index in [9.17, 15) is 30.3 Å². The maximum Gasteiger partial charge on any atom is 0.305 e. The molecule has 0 saturated carbocycles. The standard InChI is InChI=1S/C25H42O9/c1-2-3-4-5-6-7-8-9-10-11-12-13-14-15-21(28)32-18-19(16-26)33-25-24(31)23(30)22(29)20(17-27)34-25/h3-4,6-7,9-10,19-20,22-27,29-31H,2,5,8,11-18H2,1H3/b4-3-,7-6-,10-9-/t19-,20-,22-,23+,24-,25+/m0/s1. The van der Waals surface area contributed by atoms with Crippen molar-refractivity contribution in [1.29, 1.82) is 0 Å². The second-order valence-corrected chi connectivity index (χ2v) is 8.21. The summed E-state index contributed by atoms with van der Waals surface area (Å²) >= 11 is 0. The molecule has 0 amide bonds. The summed E-state index contributed by atoms with van der Waals surface area (Å²) in [6, 6.07) is 0. The summed E-state index contributed by atoms with van der Waals surface area (Å²) in [6.45, 7) is 0.756. The molecule has 6 atom stereocenters. The van der Waals surface area contributed by atoms with Crippen LogP contribution in [0.2, 0.25) is 0 Å². The fraction of sp³-hybridized carbons (Fsp3) is 0.720. The van der Waals surface area contributed by atoms with Crippen LogP contribution in [-0.2, 0) is 19.0 Å². The van der Waals surface area contributed by atoms with E-state index in [4.69, 9.17) is 14.2 Å². The Kier molecular flexibility index (Phi) is 16.7. The first kappa shape index (κ1) is 30.4. The van der Waals surface area contributed by atoms with E-state index in [1.807, 2.05) is 0 Å².